The molecule has 1 heterocycles. The number of rotatable bonds is 8. The summed E-state index contributed by atoms with van der Waals surface area (Å²) >= 11 is 12.1. The number of carboxylic acid groups (broad SMARTS) is 1. The monoisotopic (exact) mass is 552 g/mol. The molecule has 2 amide bonds. The zero-order valence-electron chi connectivity index (χ0n) is 20.0. The molecule has 0 fully saturated rings. The van der Waals surface area contributed by atoms with E-state index in [1.54, 1.807) is 26.1 Å². The van der Waals surface area contributed by atoms with Gasteiger partial charge in [-0.25, -0.2) is 13.2 Å². The molecular formula is C24H26Cl2N4O5S. The van der Waals surface area contributed by atoms with Gasteiger partial charge in [-0.05, 0) is 30.2 Å². The van der Waals surface area contributed by atoms with Crippen molar-refractivity contribution in [1.82, 2.24) is 14.1 Å². The van der Waals surface area contributed by atoms with Gasteiger partial charge < -0.3 is 10.0 Å². The molecule has 0 spiro atoms. The Bertz CT molecular complexity index is 1330. The summed E-state index contributed by atoms with van der Waals surface area (Å²) in [5.74, 6) is 0.109. The summed E-state index contributed by atoms with van der Waals surface area (Å²) in [7, 11) is -0.851. The Kier molecular flexibility index (Phi) is 8.78. The first-order chi connectivity index (χ1) is 16.9. The lowest BCUT2D eigenvalue weighted by Crippen LogP contribution is -2.33. The van der Waals surface area contributed by atoms with E-state index in [0.29, 0.717) is 41.6 Å². The molecule has 0 atom stereocenters. The number of amides is 2. The van der Waals surface area contributed by atoms with Gasteiger partial charge in [-0.1, -0.05) is 53.5 Å². The minimum atomic E-state index is -3.88. The number of aliphatic imine (C=N–C) groups is 1. The molecule has 9 nitrogen and oxygen atoms in total. The van der Waals surface area contributed by atoms with Gasteiger partial charge in [0.2, 0.25) is 15.9 Å². The molecule has 3 rings (SSSR count). The van der Waals surface area contributed by atoms with Crippen molar-refractivity contribution in [2.75, 3.05) is 33.7 Å². The molecule has 0 aliphatic carbocycles. The highest BCUT2D eigenvalue weighted by Gasteiger charge is 2.25. The lowest BCUT2D eigenvalue weighted by Gasteiger charge is -2.18. The lowest BCUT2D eigenvalue weighted by atomic mass is 10.1. The van der Waals surface area contributed by atoms with Crippen molar-refractivity contribution in [1.29, 1.82) is 0 Å². The third-order valence-corrected chi connectivity index (χ3v) is 8.30. The molecule has 0 unspecified atom stereocenters. The van der Waals surface area contributed by atoms with E-state index in [1.165, 1.54) is 41.1 Å². The van der Waals surface area contributed by atoms with Crippen LogP contribution in [-0.4, -0.2) is 79.2 Å². The van der Waals surface area contributed by atoms with Crippen molar-refractivity contribution in [3.8, 4) is 0 Å². The number of likely N-dealkylation sites (N-methyl/N-ethyl adjacent to an activating group) is 2. The number of carbonyl (C=O) groups excluding carboxylic acids is 1. The molecule has 0 aromatic heterocycles. The van der Waals surface area contributed by atoms with Gasteiger partial charge in [-0.15, -0.1) is 0 Å². The van der Waals surface area contributed by atoms with E-state index in [0.717, 1.165) is 9.87 Å². The Morgan fingerprint density at radius 1 is 1.14 bits per heavy atom. The van der Waals surface area contributed by atoms with Gasteiger partial charge in [-0.3, -0.25) is 14.7 Å². The number of halogens is 2. The van der Waals surface area contributed by atoms with Crippen molar-refractivity contribution in [3.63, 3.8) is 0 Å². The predicted octanol–water partition coefficient (Wildman–Crippen LogP) is 3.88. The summed E-state index contributed by atoms with van der Waals surface area (Å²) < 4.78 is 26.8. The number of carbonyl (C=O) groups is 2. The summed E-state index contributed by atoms with van der Waals surface area (Å²) in [5, 5.41) is 9.67. The SMILES string of the molecule is Cc1cc(S(=O)(=O)N(C)C/C=C/C(=O)N(C)Cc2ccc(C3=NCCN3C(=O)O)cc2)c(Cl)cc1Cl. The number of sulfonamides is 1. The molecule has 12 heteroatoms. The molecule has 192 valence electrons. The summed E-state index contributed by atoms with van der Waals surface area (Å²) in [6.07, 6.45) is 1.74. The largest absolute Gasteiger partial charge is 0.465 e. The van der Waals surface area contributed by atoms with Gasteiger partial charge in [0.1, 0.15) is 10.7 Å². The first-order valence-electron chi connectivity index (χ1n) is 10.9. The number of nitrogens with zero attached hydrogens (tertiary/aromatic N) is 4. The average molecular weight is 553 g/mol. The maximum atomic E-state index is 12.9. The summed E-state index contributed by atoms with van der Waals surface area (Å²) in [4.78, 5) is 30.7. The molecule has 36 heavy (non-hydrogen) atoms. The van der Waals surface area contributed by atoms with E-state index in [9.17, 15) is 23.1 Å². The van der Waals surface area contributed by atoms with E-state index >= 15 is 0 Å². The van der Waals surface area contributed by atoms with Crippen LogP contribution in [0.2, 0.25) is 10.0 Å². The van der Waals surface area contributed by atoms with Gasteiger partial charge >= 0.3 is 6.09 Å². The normalized spacial score (nSPS) is 13.9. The molecule has 0 saturated carbocycles. The van der Waals surface area contributed by atoms with Crippen molar-refractivity contribution in [3.05, 3.63) is 75.3 Å². The van der Waals surface area contributed by atoms with Crippen molar-refractivity contribution < 1.29 is 23.1 Å². The van der Waals surface area contributed by atoms with Crippen LogP contribution in [0.25, 0.3) is 0 Å². The van der Waals surface area contributed by atoms with Gasteiger partial charge in [-0.2, -0.15) is 4.31 Å². The van der Waals surface area contributed by atoms with Crippen LogP contribution < -0.4 is 0 Å². The highest BCUT2D eigenvalue weighted by atomic mass is 35.5. The quantitative estimate of drug-likeness (QED) is 0.499. The Morgan fingerprint density at radius 3 is 2.44 bits per heavy atom. The van der Waals surface area contributed by atoms with Gasteiger partial charge in [0.15, 0.2) is 0 Å². The fraction of sp³-hybridized carbons (Fsp3) is 0.292. The van der Waals surface area contributed by atoms with Crippen LogP contribution in [0, 0.1) is 6.92 Å². The smallest absolute Gasteiger partial charge is 0.413 e. The Labute approximate surface area is 220 Å². The second kappa shape index (κ2) is 11.4. The summed E-state index contributed by atoms with van der Waals surface area (Å²) in [5.41, 5.74) is 2.12. The van der Waals surface area contributed by atoms with Crippen LogP contribution in [0.15, 0.2) is 58.4 Å². The van der Waals surface area contributed by atoms with E-state index in [2.05, 4.69) is 4.99 Å². The number of benzene rings is 2. The molecule has 2 aromatic carbocycles. The highest BCUT2D eigenvalue weighted by molar-refractivity contribution is 7.89. The topological polar surface area (TPSA) is 111 Å². The first-order valence-corrected chi connectivity index (χ1v) is 13.1. The third-order valence-electron chi connectivity index (χ3n) is 5.60. The summed E-state index contributed by atoms with van der Waals surface area (Å²) in [6, 6.07) is 9.97. The molecule has 0 radical (unpaired) electrons. The Balaban J connectivity index is 1.59. The minimum Gasteiger partial charge on any atom is -0.465 e. The van der Waals surface area contributed by atoms with Crippen LogP contribution >= 0.6 is 23.2 Å². The Hall–Kier alpha value is -2.92. The predicted molar refractivity (Wildman–Crippen MR) is 139 cm³/mol. The summed E-state index contributed by atoms with van der Waals surface area (Å²) in [6.45, 7) is 2.73. The van der Waals surface area contributed by atoms with Gasteiger partial charge in [0, 0.05) is 43.8 Å². The van der Waals surface area contributed by atoms with E-state index in [1.807, 2.05) is 12.1 Å². The van der Waals surface area contributed by atoms with E-state index < -0.39 is 16.1 Å². The number of hydrogen-bond donors (Lipinski definition) is 1. The zero-order valence-corrected chi connectivity index (χ0v) is 22.3. The van der Waals surface area contributed by atoms with Crippen molar-refractivity contribution in [2.45, 2.75) is 18.4 Å². The highest BCUT2D eigenvalue weighted by Crippen LogP contribution is 2.29. The number of amidine groups is 1. The fourth-order valence-electron chi connectivity index (χ4n) is 3.52. The molecule has 1 N–H and O–H groups in total. The van der Waals surface area contributed by atoms with E-state index in [-0.39, 0.29) is 22.4 Å². The van der Waals surface area contributed by atoms with Crippen LogP contribution in [-0.2, 0) is 21.4 Å². The lowest BCUT2D eigenvalue weighted by molar-refractivity contribution is -0.125. The third kappa shape index (κ3) is 6.25. The van der Waals surface area contributed by atoms with Crippen LogP contribution in [0.4, 0.5) is 4.79 Å². The molecule has 0 saturated heterocycles. The maximum absolute atomic E-state index is 12.9. The second-order valence-corrected chi connectivity index (χ2v) is 11.1. The standard InChI is InChI=1S/C24H26Cl2N4O5S/c1-16-13-21(20(26)14-19(16)25)36(34,35)29(3)11-4-5-22(31)28(2)15-17-6-8-18(9-7-17)23-27-10-12-30(23)24(32)33/h4-9,13-14H,10-12,15H2,1-3H3,(H,32,33)/b5-4+. The number of hydrogen-bond acceptors (Lipinski definition) is 5. The zero-order chi connectivity index (χ0) is 26.6. The van der Waals surface area contributed by atoms with E-state index in [4.69, 9.17) is 23.2 Å². The Morgan fingerprint density at radius 2 is 1.81 bits per heavy atom. The van der Waals surface area contributed by atoms with Gasteiger partial charge in [0.25, 0.3) is 0 Å². The first kappa shape index (κ1) is 27.7. The molecule has 0 bridgehead atoms. The molecule has 1 aliphatic heterocycles. The van der Waals surface area contributed by atoms with Crippen molar-refractivity contribution in [2.24, 2.45) is 4.99 Å². The van der Waals surface area contributed by atoms with Gasteiger partial charge in [0.05, 0.1) is 18.1 Å². The van der Waals surface area contributed by atoms with Crippen molar-refractivity contribution >= 4 is 51.1 Å². The molecular weight excluding hydrogens is 527 g/mol. The van der Waals surface area contributed by atoms with Crippen LogP contribution in [0.1, 0.15) is 16.7 Å². The maximum Gasteiger partial charge on any atom is 0.413 e. The number of aryl methyl sites for hydroxylation is 1. The fourth-order valence-corrected chi connectivity index (χ4v) is 5.44. The average Bonchev–Trinajstić information content (AvgIpc) is 3.32. The molecule has 2 aromatic rings. The van der Waals surface area contributed by atoms with Crippen LogP contribution in [0.5, 0.6) is 0 Å². The minimum absolute atomic E-state index is 0.0268. The van der Waals surface area contributed by atoms with Crippen LogP contribution in [0.3, 0.4) is 0 Å². The second-order valence-electron chi connectivity index (χ2n) is 8.25. The molecule has 1 aliphatic rings.